The van der Waals surface area contributed by atoms with Crippen molar-refractivity contribution in [2.45, 2.75) is 6.42 Å². The summed E-state index contributed by atoms with van der Waals surface area (Å²) in [5.41, 5.74) is 8.47. The molecule has 0 atom stereocenters. The third-order valence-corrected chi connectivity index (χ3v) is 3.63. The first-order valence-electron chi connectivity index (χ1n) is 6.89. The Hall–Kier alpha value is -2.47. The maximum atomic E-state index is 13.2. The highest BCUT2D eigenvalue weighted by Gasteiger charge is 2.14. The maximum Gasteiger partial charge on any atom is 0.210 e. The second kappa shape index (κ2) is 6.11. The predicted octanol–water partition coefficient (Wildman–Crippen LogP) is 2.99. The summed E-state index contributed by atoms with van der Waals surface area (Å²) < 4.78 is 13.2. The number of H-pyrrole nitrogens is 1. The van der Waals surface area contributed by atoms with Gasteiger partial charge in [0, 0.05) is 6.54 Å². The second-order valence-corrected chi connectivity index (χ2v) is 5.37. The molecule has 0 fully saturated rings. The van der Waals surface area contributed by atoms with Crippen molar-refractivity contribution in [3.8, 4) is 0 Å². The molecule has 3 rings (SSSR count). The van der Waals surface area contributed by atoms with Gasteiger partial charge in [0.1, 0.15) is 5.82 Å². The lowest BCUT2D eigenvalue weighted by Crippen LogP contribution is -2.37. The standard InChI is InChI=1S/C16H15FN4S/c17-12-5-3-4-11(10-12)8-9-21(15(18)22)16-19-13-6-1-2-7-14(13)20-16/h1-7,10H,8-9H2,(H2,18,22)(H,19,20). The molecule has 0 bridgehead atoms. The largest absolute Gasteiger partial charge is 0.376 e. The molecule has 0 radical (unpaired) electrons. The van der Waals surface area contributed by atoms with Crippen LogP contribution in [0.2, 0.25) is 0 Å². The Bertz CT molecular complexity index is 782. The van der Waals surface area contributed by atoms with Gasteiger partial charge in [-0.1, -0.05) is 24.3 Å². The van der Waals surface area contributed by atoms with Crippen LogP contribution < -0.4 is 10.6 Å². The molecule has 112 valence electrons. The van der Waals surface area contributed by atoms with Crippen molar-refractivity contribution >= 4 is 34.3 Å². The van der Waals surface area contributed by atoms with Gasteiger partial charge in [0.2, 0.25) is 5.95 Å². The van der Waals surface area contributed by atoms with Crippen LogP contribution in [0.4, 0.5) is 10.3 Å². The summed E-state index contributed by atoms with van der Waals surface area (Å²) >= 11 is 5.11. The Morgan fingerprint density at radius 1 is 1.23 bits per heavy atom. The summed E-state index contributed by atoms with van der Waals surface area (Å²) in [6.45, 7) is 0.526. The first-order valence-corrected chi connectivity index (χ1v) is 7.30. The molecular formula is C16H15FN4S. The maximum absolute atomic E-state index is 13.2. The lowest BCUT2D eigenvalue weighted by atomic mass is 10.1. The molecule has 0 saturated heterocycles. The fraction of sp³-hybridized carbons (Fsp3) is 0.125. The van der Waals surface area contributed by atoms with Crippen molar-refractivity contribution in [1.82, 2.24) is 9.97 Å². The van der Waals surface area contributed by atoms with E-state index in [0.29, 0.717) is 18.9 Å². The molecule has 0 aliphatic heterocycles. The van der Waals surface area contributed by atoms with E-state index in [9.17, 15) is 4.39 Å². The molecule has 0 unspecified atom stereocenters. The Morgan fingerprint density at radius 3 is 2.77 bits per heavy atom. The Balaban J connectivity index is 1.82. The first-order chi connectivity index (χ1) is 10.6. The van der Waals surface area contributed by atoms with Gasteiger partial charge in [-0.15, -0.1) is 0 Å². The van der Waals surface area contributed by atoms with E-state index >= 15 is 0 Å². The van der Waals surface area contributed by atoms with Crippen LogP contribution in [0.3, 0.4) is 0 Å². The number of aromatic amines is 1. The molecular weight excluding hydrogens is 299 g/mol. The molecule has 0 saturated carbocycles. The van der Waals surface area contributed by atoms with Gasteiger partial charge in [-0.25, -0.2) is 9.37 Å². The van der Waals surface area contributed by atoms with Crippen LogP contribution >= 0.6 is 12.2 Å². The third kappa shape index (κ3) is 3.07. The number of hydrogen-bond acceptors (Lipinski definition) is 2. The minimum atomic E-state index is -0.247. The summed E-state index contributed by atoms with van der Waals surface area (Å²) in [7, 11) is 0. The van der Waals surface area contributed by atoms with Gasteiger partial charge in [-0.05, 0) is 48.5 Å². The van der Waals surface area contributed by atoms with Crippen molar-refractivity contribution in [2.24, 2.45) is 5.73 Å². The van der Waals surface area contributed by atoms with Crippen LogP contribution in [0.15, 0.2) is 48.5 Å². The molecule has 0 aliphatic rings. The molecule has 6 heteroatoms. The zero-order valence-electron chi connectivity index (χ0n) is 11.8. The molecule has 3 aromatic rings. The molecule has 1 aromatic heterocycles. The smallest absolute Gasteiger partial charge is 0.210 e. The number of fused-ring (bicyclic) bond motifs is 1. The highest BCUT2D eigenvalue weighted by atomic mass is 32.1. The van der Waals surface area contributed by atoms with Crippen molar-refractivity contribution < 1.29 is 4.39 Å². The zero-order valence-corrected chi connectivity index (χ0v) is 12.6. The fourth-order valence-corrected chi connectivity index (χ4v) is 2.50. The molecule has 0 spiro atoms. The number of benzene rings is 2. The number of anilines is 1. The zero-order chi connectivity index (χ0) is 15.5. The normalized spacial score (nSPS) is 10.8. The van der Waals surface area contributed by atoms with E-state index in [1.807, 2.05) is 30.3 Å². The lowest BCUT2D eigenvalue weighted by Gasteiger charge is -2.19. The predicted molar refractivity (Wildman–Crippen MR) is 90.3 cm³/mol. The number of imidazole rings is 1. The number of rotatable bonds is 4. The highest BCUT2D eigenvalue weighted by Crippen LogP contribution is 2.17. The van der Waals surface area contributed by atoms with E-state index in [0.717, 1.165) is 16.6 Å². The fourth-order valence-electron chi connectivity index (χ4n) is 2.32. The van der Waals surface area contributed by atoms with Gasteiger partial charge >= 0.3 is 0 Å². The van der Waals surface area contributed by atoms with E-state index in [-0.39, 0.29) is 10.9 Å². The average molecular weight is 314 g/mol. The number of para-hydroxylation sites is 2. The van der Waals surface area contributed by atoms with Crippen LogP contribution in [0.25, 0.3) is 11.0 Å². The second-order valence-electron chi connectivity index (χ2n) is 4.95. The number of halogens is 1. The monoisotopic (exact) mass is 314 g/mol. The van der Waals surface area contributed by atoms with Crippen LogP contribution in [0, 0.1) is 5.82 Å². The molecule has 3 N–H and O–H groups in total. The first kappa shape index (κ1) is 14.5. The van der Waals surface area contributed by atoms with Crippen LogP contribution in [-0.4, -0.2) is 21.6 Å². The van der Waals surface area contributed by atoms with Crippen molar-refractivity contribution in [2.75, 3.05) is 11.4 Å². The van der Waals surface area contributed by atoms with E-state index in [2.05, 4.69) is 9.97 Å². The number of nitrogens with two attached hydrogens (primary N) is 1. The SMILES string of the molecule is NC(=S)N(CCc1cccc(F)c1)c1nc2ccccc2[nH]1. The minimum absolute atomic E-state index is 0.232. The summed E-state index contributed by atoms with van der Waals surface area (Å²) in [5.74, 6) is 0.355. The summed E-state index contributed by atoms with van der Waals surface area (Å²) in [6.07, 6.45) is 0.617. The molecule has 2 aromatic carbocycles. The Labute approximate surface area is 132 Å². The minimum Gasteiger partial charge on any atom is -0.376 e. The number of nitrogens with zero attached hydrogens (tertiary/aromatic N) is 2. The van der Waals surface area contributed by atoms with Gasteiger partial charge in [0.05, 0.1) is 11.0 Å². The summed E-state index contributed by atoms with van der Waals surface area (Å²) in [4.78, 5) is 9.41. The molecule has 22 heavy (non-hydrogen) atoms. The van der Waals surface area contributed by atoms with E-state index < -0.39 is 0 Å². The van der Waals surface area contributed by atoms with E-state index in [4.69, 9.17) is 18.0 Å². The quantitative estimate of drug-likeness (QED) is 0.727. The number of nitrogens with one attached hydrogen (secondary N) is 1. The highest BCUT2D eigenvalue weighted by molar-refractivity contribution is 7.80. The molecule has 0 aliphatic carbocycles. The van der Waals surface area contributed by atoms with Gasteiger partial charge in [-0.3, -0.25) is 4.90 Å². The van der Waals surface area contributed by atoms with E-state index in [1.165, 1.54) is 12.1 Å². The third-order valence-electron chi connectivity index (χ3n) is 3.41. The van der Waals surface area contributed by atoms with E-state index in [1.54, 1.807) is 11.0 Å². The number of thiocarbonyl (C=S) groups is 1. The van der Waals surface area contributed by atoms with Crippen LogP contribution in [-0.2, 0) is 6.42 Å². The Kier molecular flexibility index (Phi) is 4.02. The summed E-state index contributed by atoms with van der Waals surface area (Å²) in [5, 5.41) is 0.232. The van der Waals surface area contributed by atoms with Gasteiger partial charge in [0.25, 0.3) is 0 Å². The van der Waals surface area contributed by atoms with Gasteiger partial charge < -0.3 is 10.7 Å². The van der Waals surface area contributed by atoms with Crippen molar-refractivity contribution in [1.29, 1.82) is 0 Å². The van der Waals surface area contributed by atoms with Crippen LogP contribution in [0.5, 0.6) is 0 Å². The molecule has 1 heterocycles. The summed E-state index contributed by atoms with van der Waals surface area (Å²) in [6, 6.07) is 14.2. The average Bonchev–Trinajstić information content (AvgIpc) is 2.90. The molecule has 0 amide bonds. The van der Waals surface area contributed by atoms with Crippen LogP contribution in [0.1, 0.15) is 5.56 Å². The van der Waals surface area contributed by atoms with Crippen molar-refractivity contribution in [3.63, 3.8) is 0 Å². The Morgan fingerprint density at radius 2 is 2.05 bits per heavy atom. The topological polar surface area (TPSA) is 57.9 Å². The number of hydrogen-bond donors (Lipinski definition) is 2. The van der Waals surface area contributed by atoms with Gasteiger partial charge in [-0.2, -0.15) is 0 Å². The van der Waals surface area contributed by atoms with Gasteiger partial charge in [0.15, 0.2) is 5.11 Å². The number of aromatic nitrogens is 2. The van der Waals surface area contributed by atoms with Crippen molar-refractivity contribution in [3.05, 3.63) is 59.9 Å². The lowest BCUT2D eigenvalue weighted by molar-refractivity contribution is 0.625. The molecule has 4 nitrogen and oxygen atoms in total.